The maximum absolute atomic E-state index is 5.90. The Morgan fingerprint density at radius 3 is 2.55 bits per heavy atom. The van der Waals surface area contributed by atoms with Crippen LogP contribution >= 0.6 is 0 Å². The van der Waals surface area contributed by atoms with Gasteiger partial charge in [0, 0.05) is 12.2 Å². The van der Waals surface area contributed by atoms with Gasteiger partial charge < -0.3 is 10.1 Å². The molecule has 0 fully saturated rings. The summed E-state index contributed by atoms with van der Waals surface area (Å²) in [6.07, 6.45) is 2.31. The van der Waals surface area contributed by atoms with E-state index in [1.165, 1.54) is 6.42 Å². The highest BCUT2D eigenvalue weighted by Gasteiger charge is 2.06. The number of ether oxygens (including phenoxy) is 1. The lowest BCUT2D eigenvalue weighted by molar-refractivity contribution is 0.292. The molecule has 1 heterocycles. The minimum atomic E-state index is 0.648. The average molecular weight is 278 g/mol. The van der Waals surface area contributed by atoms with E-state index in [0.29, 0.717) is 5.92 Å². The lowest BCUT2D eigenvalue weighted by atomic mass is 10.1. The summed E-state index contributed by atoms with van der Waals surface area (Å²) in [5.74, 6) is 2.31. The van der Waals surface area contributed by atoms with Crippen molar-refractivity contribution >= 4 is 0 Å². The number of aryl methyl sites for hydroxylation is 1. The lowest BCUT2D eigenvalue weighted by Gasteiger charge is -2.13. The van der Waals surface area contributed by atoms with Crippen LogP contribution in [0.5, 0.6) is 5.75 Å². The molecule has 3 nitrogen and oxygen atoms in total. The number of rotatable bonds is 9. The van der Waals surface area contributed by atoms with Gasteiger partial charge in [-0.25, -0.2) is 0 Å². The number of pyridine rings is 1. The number of nitrogens with zero attached hydrogens (tertiary/aromatic N) is 1. The summed E-state index contributed by atoms with van der Waals surface area (Å²) in [6, 6.07) is 4.06. The summed E-state index contributed by atoms with van der Waals surface area (Å²) in [6.45, 7) is 13.5. The quantitative estimate of drug-likeness (QED) is 0.694. The topological polar surface area (TPSA) is 34.1 Å². The molecule has 0 aromatic carbocycles. The van der Waals surface area contributed by atoms with Crippen molar-refractivity contribution in [1.29, 1.82) is 0 Å². The maximum Gasteiger partial charge on any atom is 0.142 e. The number of hydrogen-bond acceptors (Lipinski definition) is 3. The fourth-order valence-electron chi connectivity index (χ4n) is 2.01. The monoisotopic (exact) mass is 278 g/mol. The Morgan fingerprint density at radius 2 is 1.90 bits per heavy atom. The molecule has 1 rings (SSSR count). The van der Waals surface area contributed by atoms with Crippen molar-refractivity contribution in [3.8, 4) is 5.75 Å². The minimum Gasteiger partial charge on any atom is -0.492 e. The Balaban J connectivity index is 2.51. The second kappa shape index (κ2) is 8.96. The van der Waals surface area contributed by atoms with Gasteiger partial charge in [0.2, 0.25) is 0 Å². The molecule has 0 aliphatic carbocycles. The van der Waals surface area contributed by atoms with Crippen molar-refractivity contribution in [3.05, 3.63) is 23.5 Å². The lowest BCUT2D eigenvalue weighted by Crippen LogP contribution is -2.20. The van der Waals surface area contributed by atoms with Gasteiger partial charge in [0.15, 0.2) is 0 Å². The number of nitrogens with one attached hydrogen (secondary N) is 1. The van der Waals surface area contributed by atoms with Crippen LogP contribution in [0.2, 0.25) is 0 Å². The van der Waals surface area contributed by atoms with Crippen LogP contribution in [0.25, 0.3) is 0 Å². The third-order valence-corrected chi connectivity index (χ3v) is 3.10. The van der Waals surface area contributed by atoms with Gasteiger partial charge >= 0.3 is 0 Å². The molecule has 0 bridgehead atoms. The molecular weight excluding hydrogens is 248 g/mol. The van der Waals surface area contributed by atoms with E-state index in [9.17, 15) is 0 Å². The molecule has 1 N–H and O–H groups in total. The molecule has 0 aliphatic rings. The first-order valence-electron chi connectivity index (χ1n) is 7.79. The van der Waals surface area contributed by atoms with Crippen molar-refractivity contribution in [3.63, 3.8) is 0 Å². The predicted molar refractivity (Wildman–Crippen MR) is 85.1 cm³/mol. The second-order valence-electron chi connectivity index (χ2n) is 6.31. The van der Waals surface area contributed by atoms with Gasteiger partial charge in [-0.1, -0.05) is 27.7 Å². The smallest absolute Gasteiger partial charge is 0.142 e. The molecule has 0 saturated heterocycles. The molecule has 0 aliphatic heterocycles. The Bertz CT molecular complexity index is 389. The maximum atomic E-state index is 5.90. The summed E-state index contributed by atoms with van der Waals surface area (Å²) in [7, 11) is 0. The highest BCUT2D eigenvalue weighted by molar-refractivity contribution is 5.29. The zero-order chi connectivity index (χ0) is 15.0. The first kappa shape index (κ1) is 17.0. The first-order valence-corrected chi connectivity index (χ1v) is 7.79. The van der Waals surface area contributed by atoms with Crippen LogP contribution < -0.4 is 10.1 Å². The highest BCUT2D eigenvalue weighted by Crippen LogP contribution is 2.17. The van der Waals surface area contributed by atoms with Crippen molar-refractivity contribution < 1.29 is 4.74 Å². The van der Waals surface area contributed by atoms with Gasteiger partial charge in [-0.15, -0.1) is 0 Å². The molecule has 3 heteroatoms. The zero-order valence-corrected chi connectivity index (χ0v) is 13.7. The largest absolute Gasteiger partial charge is 0.492 e. The van der Waals surface area contributed by atoms with Crippen LogP contribution in [-0.4, -0.2) is 18.1 Å². The molecule has 1 aromatic rings. The van der Waals surface area contributed by atoms with Crippen LogP contribution in [0.4, 0.5) is 0 Å². The molecule has 1 aromatic heterocycles. The van der Waals surface area contributed by atoms with Crippen molar-refractivity contribution in [2.75, 3.05) is 13.2 Å². The van der Waals surface area contributed by atoms with Gasteiger partial charge in [0.25, 0.3) is 0 Å². The molecule has 0 radical (unpaired) electrons. The molecular formula is C17H30N2O. The molecule has 0 spiro atoms. The van der Waals surface area contributed by atoms with E-state index in [4.69, 9.17) is 4.74 Å². The van der Waals surface area contributed by atoms with Crippen LogP contribution in [0.15, 0.2) is 12.1 Å². The normalized spacial score (nSPS) is 11.3. The summed E-state index contributed by atoms with van der Waals surface area (Å²) in [5.41, 5.74) is 2.07. The van der Waals surface area contributed by atoms with Gasteiger partial charge in [0.05, 0.1) is 12.3 Å². The third-order valence-electron chi connectivity index (χ3n) is 3.10. The fraction of sp³-hybridized carbons (Fsp3) is 0.706. The van der Waals surface area contributed by atoms with Crippen LogP contribution in [0.1, 0.15) is 51.9 Å². The molecule has 20 heavy (non-hydrogen) atoms. The Labute approximate surface area is 124 Å². The first-order chi connectivity index (χ1) is 9.49. The third kappa shape index (κ3) is 6.90. The molecule has 0 unspecified atom stereocenters. The van der Waals surface area contributed by atoms with E-state index < -0.39 is 0 Å². The van der Waals surface area contributed by atoms with Gasteiger partial charge in [-0.3, -0.25) is 4.98 Å². The summed E-state index contributed by atoms with van der Waals surface area (Å²) < 4.78 is 5.90. The SMILES string of the molecule is Cc1ccc(OCCCC(C)C)c(CNCC(C)C)n1. The standard InChI is InChI=1S/C17H30N2O/c1-13(2)7-6-10-20-17-9-8-15(5)19-16(17)12-18-11-14(3)4/h8-9,13-14,18H,6-7,10-12H2,1-5H3. The minimum absolute atomic E-state index is 0.648. The van der Waals surface area contributed by atoms with E-state index >= 15 is 0 Å². The van der Waals surface area contributed by atoms with Crippen LogP contribution in [-0.2, 0) is 6.54 Å². The fourth-order valence-corrected chi connectivity index (χ4v) is 2.01. The zero-order valence-electron chi connectivity index (χ0n) is 13.7. The summed E-state index contributed by atoms with van der Waals surface area (Å²) in [4.78, 5) is 4.60. The second-order valence-corrected chi connectivity index (χ2v) is 6.31. The van der Waals surface area contributed by atoms with E-state index in [2.05, 4.69) is 38.0 Å². The van der Waals surface area contributed by atoms with Crippen LogP contribution in [0, 0.1) is 18.8 Å². The van der Waals surface area contributed by atoms with Gasteiger partial charge in [0.1, 0.15) is 5.75 Å². The average Bonchev–Trinajstić information content (AvgIpc) is 2.36. The number of aromatic nitrogens is 1. The van der Waals surface area contributed by atoms with E-state index in [0.717, 1.165) is 49.2 Å². The highest BCUT2D eigenvalue weighted by atomic mass is 16.5. The Hall–Kier alpha value is -1.09. The Kier molecular flexibility index (Phi) is 7.60. The molecule has 114 valence electrons. The van der Waals surface area contributed by atoms with E-state index in [1.54, 1.807) is 0 Å². The summed E-state index contributed by atoms with van der Waals surface area (Å²) in [5, 5.41) is 3.43. The van der Waals surface area contributed by atoms with E-state index in [1.807, 2.05) is 19.1 Å². The molecule has 0 saturated carbocycles. The van der Waals surface area contributed by atoms with Crippen molar-refractivity contribution in [2.45, 2.75) is 54.0 Å². The Morgan fingerprint density at radius 1 is 1.15 bits per heavy atom. The van der Waals surface area contributed by atoms with E-state index in [-0.39, 0.29) is 0 Å². The predicted octanol–water partition coefficient (Wildman–Crippen LogP) is 3.95. The van der Waals surface area contributed by atoms with Crippen molar-refractivity contribution in [1.82, 2.24) is 10.3 Å². The van der Waals surface area contributed by atoms with Crippen LogP contribution in [0.3, 0.4) is 0 Å². The van der Waals surface area contributed by atoms with Gasteiger partial charge in [-0.05, 0) is 50.3 Å². The molecule has 0 amide bonds. The van der Waals surface area contributed by atoms with Gasteiger partial charge in [-0.2, -0.15) is 0 Å². The summed E-state index contributed by atoms with van der Waals surface area (Å²) >= 11 is 0. The van der Waals surface area contributed by atoms with Crippen molar-refractivity contribution in [2.24, 2.45) is 11.8 Å². The molecule has 0 atom stereocenters. The number of hydrogen-bond donors (Lipinski definition) is 1.